The van der Waals surface area contributed by atoms with Crippen molar-refractivity contribution in [2.24, 2.45) is 0 Å². The normalized spacial score (nSPS) is 20.4. The highest BCUT2D eigenvalue weighted by atomic mass is 15.1. The first-order chi connectivity index (χ1) is 6.33. The van der Waals surface area contributed by atoms with Crippen molar-refractivity contribution >= 4 is 0 Å². The summed E-state index contributed by atoms with van der Waals surface area (Å²) in [5.74, 6) is 0. The third-order valence-electron chi connectivity index (χ3n) is 3.29. The zero-order valence-corrected chi connectivity index (χ0v) is 8.14. The Morgan fingerprint density at radius 2 is 1.46 bits per heavy atom. The lowest BCUT2D eigenvalue weighted by molar-refractivity contribution is 0.353. The van der Waals surface area contributed by atoms with E-state index in [9.17, 15) is 0 Å². The summed E-state index contributed by atoms with van der Waals surface area (Å²) in [6.07, 6.45) is 3.99. The van der Waals surface area contributed by atoms with Crippen LogP contribution in [0, 0.1) is 0 Å². The lowest BCUT2D eigenvalue weighted by Crippen LogP contribution is -2.07. The van der Waals surface area contributed by atoms with Crippen LogP contribution < -0.4 is 0 Å². The van der Waals surface area contributed by atoms with Gasteiger partial charge in [-0.1, -0.05) is 12.1 Å². The Morgan fingerprint density at radius 3 is 2.00 bits per heavy atom. The van der Waals surface area contributed by atoms with Gasteiger partial charge in [0.25, 0.3) is 0 Å². The molecule has 13 heavy (non-hydrogen) atoms. The molecule has 1 heterocycles. The molecule has 1 aromatic rings. The van der Waals surface area contributed by atoms with E-state index >= 15 is 0 Å². The lowest BCUT2D eigenvalue weighted by Gasteiger charge is -2.02. The van der Waals surface area contributed by atoms with Gasteiger partial charge in [-0.25, -0.2) is 0 Å². The fourth-order valence-corrected chi connectivity index (χ4v) is 2.66. The minimum atomic E-state index is 1.16. The van der Waals surface area contributed by atoms with Crippen LogP contribution in [0.4, 0.5) is 0 Å². The average Bonchev–Trinajstić information content (AvgIpc) is 2.63. The van der Waals surface area contributed by atoms with Gasteiger partial charge in [0.1, 0.15) is 0 Å². The van der Waals surface area contributed by atoms with Crippen LogP contribution in [0.1, 0.15) is 28.7 Å². The SMILES string of the molecule is CN1Cc2cc3c(cc2C1)CCC3. The quantitative estimate of drug-likeness (QED) is 0.581. The predicted octanol–water partition coefficient (Wildman–Crippen LogP) is 2.12. The van der Waals surface area contributed by atoms with Gasteiger partial charge < -0.3 is 0 Å². The van der Waals surface area contributed by atoms with Gasteiger partial charge in [-0.05, 0) is 48.6 Å². The van der Waals surface area contributed by atoms with Crippen LogP contribution in [0.3, 0.4) is 0 Å². The van der Waals surface area contributed by atoms with Crippen LogP contribution in [-0.2, 0) is 25.9 Å². The second-order valence-corrected chi connectivity index (χ2v) is 4.42. The molecule has 2 aliphatic rings. The molecule has 0 atom stereocenters. The van der Waals surface area contributed by atoms with E-state index in [-0.39, 0.29) is 0 Å². The molecule has 0 saturated heterocycles. The first-order valence-corrected chi connectivity index (χ1v) is 5.15. The summed E-state index contributed by atoms with van der Waals surface area (Å²) >= 11 is 0. The maximum absolute atomic E-state index is 2.45. The van der Waals surface area contributed by atoms with Crippen LogP contribution in [0.15, 0.2) is 12.1 Å². The summed E-state index contributed by atoms with van der Waals surface area (Å²) in [6.45, 7) is 2.31. The number of aryl methyl sites for hydroxylation is 2. The number of rotatable bonds is 0. The van der Waals surface area contributed by atoms with Gasteiger partial charge in [-0.2, -0.15) is 0 Å². The van der Waals surface area contributed by atoms with E-state index < -0.39 is 0 Å². The summed E-state index contributed by atoms with van der Waals surface area (Å²) in [5.41, 5.74) is 6.38. The summed E-state index contributed by atoms with van der Waals surface area (Å²) < 4.78 is 0. The second-order valence-electron chi connectivity index (χ2n) is 4.42. The highest BCUT2D eigenvalue weighted by molar-refractivity contribution is 5.42. The van der Waals surface area contributed by atoms with Gasteiger partial charge in [0, 0.05) is 13.1 Å². The first-order valence-electron chi connectivity index (χ1n) is 5.15. The second kappa shape index (κ2) is 2.58. The molecule has 0 spiro atoms. The molecule has 1 aliphatic heterocycles. The number of hydrogen-bond donors (Lipinski definition) is 0. The molecule has 0 bridgehead atoms. The Morgan fingerprint density at radius 1 is 0.923 bits per heavy atom. The molecule has 3 rings (SSSR count). The van der Waals surface area contributed by atoms with Crippen molar-refractivity contribution in [2.45, 2.75) is 32.4 Å². The number of benzene rings is 1. The van der Waals surface area contributed by atoms with Gasteiger partial charge in [-0.3, -0.25) is 4.90 Å². The molecule has 0 radical (unpaired) electrons. The van der Waals surface area contributed by atoms with Crippen molar-refractivity contribution in [2.75, 3.05) is 7.05 Å². The molecule has 0 unspecified atom stereocenters. The molecule has 0 fully saturated rings. The van der Waals surface area contributed by atoms with Crippen molar-refractivity contribution in [1.82, 2.24) is 4.90 Å². The zero-order valence-electron chi connectivity index (χ0n) is 8.14. The largest absolute Gasteiger partial charge is 0.298 e. The highest BCUT2D eigenvalue weighted by Crippen LogP contribution is 2.29. The number of fused-ring (bicyclic) bond motifs is 2. The summed E-state index contributed by atoms with van der Waals surface area (Å²) in [6, 6.07) is 4.89. The molecule has 1 aromatic carbocycles. The number of nitrogens with zero attached hydrogens (tertiary/aromatic N) is 1. The summed E-state index contributed by atoms with van der Waals surface area (Å²) in [4.78, 5) is 2.39. The zero-order chi connectivity index (χ0) is 8.84. The fraction of sp³-hybridized carbons (Fsp3) is 0.500. The van der Waals surface area contributed by atoms with Crippen molar-refractivity contribution < 1.29 is 0 Å². The van der Waals surface area contributed by atoms with Gasteiger partial charge in [0.05, 0.1) is 0 Å². The van der Waals surface area contributed by atoms with E-state index in [1.165, 1.54) is 19.3 Å². The fourth-order valence-electron chi connectivity index (χ4n) is 2.66. The van der Waals surface area contributed by atoms with Crippen LogP contribution in [0.5, 0.6) is 0 Å². The Labute approximate surface area is 79.4 Å². The molecule has 1 heteroatoms. The van der Waals surface area contributed by atoms with E-state index in [4.69, 9.17) is 0 Å². The Balaban J connectivity index is 2.10. The molecule has 1 nitrogen and oxygen atoms in total. The van der Waals surface area contributed by atoms with Crippen LogP contribution in [0.25, 0.3) is 0 Å². The number of hydrogen-bond acceptors (Lipinski definition) is 1. The molecule has 0 amide bonds. The molecular formula is C12H15N. The van der Waals surface area contributed by atoms with E-state index in [1.54, 1.807) is 22.3 Å². The molecule has 1 aliphatic carbocycles. The Hall–Kier alpha value is -0.820. The van der Waals surface area contributed by atoms with Crippen molar-refractivity contribution in [3.8, 4) is 0 Å². The summed E-state index contributed by atoms with van der Waals surface area (Å²) in [5, 5.41) is 0. The van der Waals surface area contributed by atoms with Crippen LogP contribution in [-0.4, -0.2) is 11.9 Å². The maximum atomic E-state index is 2.45. The van der Waals surface area contributed by atoms with E-state index in [1.807, 2.05) is 0 Å². The molecule has 0 saturated carbocycles. The monoisotopic (exact) mass is 173 g/mol. The van der Waals surface area contributed by atoms with E-state index in [2.05, 4.69) is 24.1 Å². The first kappa shape index (κ1) is 7.57. The van der Waals surface area contributed by atoms with Gasteiger partial charge in [0.15, 0.2) is 0 Å². The third kappa shape index (κ3) is 1.11. The minimum absolute atomic E-state index is 1.16. The third-order valence-corrected chi connectivity index (χ3v) is 3.29. The summed E-state index contributed by atoms with van der Waals surface area (Å²) in [7, 11) is 2.20. The lowest BCUT2D eigenvalue weighted by atomic mass is 10.0. The van der Waals surface area contributed by atoms with Gasteiger partial charge in [-0.15, -0.1) is 0 Å². The van der Waals surface area contributed by atoms with E-state index in [0.717, 1.165) is 13.1 Å². The van der Waals surface area contributed by atoms with Crippen LogP contribution in [0.2, 0.25) is 0 Å². The molecule has 0 aromatic heterocycles. The van der Waals surface area contributed by atoms with Gasteiger partial charge in [0.2, 0.25) is 0 Å². The molecular weight excluding hydrogens is 158 g/mol. The molecule has 0 N–H and O–H groups in total. The smallest absolute Gasteiger partial charge is 0.0237 e. The molecule has 68 valence electrons. The van der Waals surface area contributed by atoms with Crippen molar-refractivity contribution in [3.63, 3.8) is 0 Å². The van der Waals surface area contributed by atoms with Gasteiger partial charge >= 0.3 is 0 Å². The highest BCUT2D eigenvalue weighted by Gasteiger charge is 2.19. The van der Waals surface area contributed by atoms with E-state index in [0.29, 0.717) is 0 Å². The van der Waals surface area contributed by atoms with Crippen molar-refractivity contribution in [1.29, 1.82) is 0 Å². The maximum Gasteiger partial charge on any atom is 0.0237 e. The Bertz CT molecular complexity index is 321. The standard InChI is InChI=1S/C12H15N/c1-13-7-11-5-9-3-2-4-10(9)6-12(11)8-13/h5-6H,2-4,7-8H2,1H3. The topological polar surface area (TPSA) is 3.24 Å². The van der Waals surface area contributed by atoms with Crippen LogP contribution >= 0.6 is 0 Å². The average molecular weight is 173 g/mol. The Kier molecular flexibility index (Phi) is 1.50. The predicted molar refractivity (Wildman–Crippen MR) is 53.6 cm³/mol. The minimum Gasteiger partial charge on any atom is -0.298 e. The van der Waals surface area contributed by atoms with Crippen molar-refractivity contribution in [3.05, 3.63) is 34.4 Å².